The van der Waals surface area contributed by atoms with Crippen molar-refractivity contribution >= 4 is 11.9 Å². The molecule has 5 atom stereocenters. The van der Waals surface area contributed by atoms with Gasteiger partial charge >= 0.3 is 11.9 Å². The van der Waals surface area contributed by atoms with E-state index in [0.717, 1.165) is 6.42 Å². The summed E-state index contributed by atoms with van der Waals surface area (Å²) < 4.78 is 0. The van der Waals surface area contributed by atoms with Crippen LogP contribution in [0.1, 0.15) is 33.1 Å². The van der Waals surface area contributed by atoms with Gasteiger partial charge in [-0.25, -0.2) is 0 Å². The minimum absolute atomic E-state index is 0.0266. The second-order valence-corrected chi connectivity index (χ2v) is 4.99. The Morgan fingerprint density at radius 2 is 1.82 bits per heavy atom. The number of aliphatic carboxylic acids is 2. The van der Waals surface area contributed by atoms with Crippen LogP contribution in [0.3, 0.4) is 0 Å². The fraction of sp³-hybridized carbons (Fsp3) is 0.833. The van der Waals surface area contributed by atoms with Crippen molar-refractivity contribution in [2.24, 2.45) is 23.7 Å². The molecule has 98 valence electrons. The van der Waals surface area contributed by atoms with Crippen LogP contribution in [0.25, 0.3) is 0 Å². The first kappa shape index (κ1) is 14.0. The highest BCUT2D eigenvalue weighted by Crippen LogP contribution is 2.38. The summed E-state index contributed by atoms with van der Waals surface area (Å²) >= 11 is 0. The molecule has 5 heteroatoms. The van der Waals surface area contributed by atoms with Crippen molar-refractivity contribution in [3.63, 3.8) is 0 Å². The lowest BCUT2D eigenvalue weighted by atomic mass is 9.68. The van der Waals surface area contributed by atoms with Crippen LogP contribution in [-0.4, -0.2) is 33.4 Å². The van der Waals surface area contributed by atoms with Crippen molar-refractivity contribution in [3.05, 3.63) is 0 Å². The molecule has 1 rings (SSSR count). The maximum atomic E-state index is 11.0. The predicted octanol–water partition coefficient (Wildman–Crippen LogP) is 1.20. The molecule has 0 aromatic rings. The molecule has 1 aliphatic carbocycles. The van der Waals surface area contributed by atoms with Crippen LogP contribution in [0.5, 0.6) is 0 Å². The maximum absolute atomic E-state index is 11.0. The Bertz CT molecular complexity index is 301. The van der Waals surface area contributed by atoms with Gasteiger partial charge in [0.15, 0.2) is 0 Å². The summed E-state index contributed by atoms with van der Waals surface area (Å²) in [5.41, 5.74) is 0. The van der Waals surface area contributed by atoms with Crippen LogP contribution in [0.15, 0.2) is 0 Å². The lowest BCUT2D eigenvalue weighted by molar-refractivity contribution is -0.157. The van der Waals surface area contributed by atoms with E-state index in [-0.39, 0.29) is 18.3 Å². The van der Waals surface area contributed by atoms with E-state index in [0.29, 0.717) is 6.42 Å². The molecule has 1 fully saturated rings. The largest absolute Gasteiger partial charge is 0.481 e. The van der Waals surface area contributed by atoms with Crippen LogP contribution < -0.4 is 0 Å². The van der Waals surface area contributed by atoms with Crippen LogP contribution in [0, 0.1) is 23.7 Å². The van der Waals surface area contributed by atoms with Crippen molar-refractivity contribution in [1.82, 2.24) is 0 Å². The fourth-order valence-electron chi connectivity index (χ4n) is 2.63. The summed E-state index contributed by atoms with van der Waals surface area (Å²) in [6, 6.07) is 0. The first-order valence-electron chi connectivity index (χ1n) is 6.02. The quantitative estimate of drug-likeness (QED) is 0.690. The smallest absolute Gasteiger partial charge is 0.309 e. The van der Waals surface area contributed by atoms with Crippen molar-refractivity contribution in [3.8, 4) is 0 Å². The molecule has 17 heavy (non-hydrogen) atoms. The lowest BCUT2D eigenvalue weighted by Crippen LogP contribution is -2.45. The Balaban J connectivity index is 2.89. The number of hydrogen-bond donors (Lipinski definition) is 3. The molecule has 0 aliphatic heterocycles. The highest BCUT2D eigenvalue weighted by Gasteiger charge is 2.44. The Kier molecular flexibility index (Phi) is 4.51. The highest BCUT2D eigenvalue weighted by molar-refractivity contribution is 5.75. The van der Waals surface area contributed by atoms with Gasteiger partial charge < -0.3 is 15.3 Å². The van der Waals surface area contributed by atoms with Gasteiger partial charge in [0.2, 0.25) is 0 Å². The molecular weight excluding hydrogens is 224 g/mol. The molecule has 5 nitrogen and oxygen atoms in total. The van der Waals surface area contributed by atoms with Crippen LogP contribution in [0.2, 0.25) is 0 Å². The average molecular weight is 244 g/mol. The Labute approximate surface area is 100 Å². The topological polar surface area (TPSA) is 94.8 Å². The minimum Gasteiger partial charge on any atom is -0.481 e. The SMILES string of the molecule is CCC(C)C1CC(C(=O)O)CC(C(=O)O)C1O. The zero-order valence-corrected chi connectivity index (χ0v) is 10.2. The number of rotatable bonds is 4. The van der Waals surface area contributed by atoms with E-state index in [2.05, 4.69) is 0 Å². The molecule has 5 unspecified atom stereocenters. The van der Waals surface area contributed by atoms with Gasteiger partial charge in [0.25, 0.3) is 0 Å². The molecule has 0 bridgehead atoms. The summed E-state index contributed by atoms with van der Waals surface area (Å²) in [6.45, 7) is 3.88. The summed E-state index contributed by atoms with van der Waals surface area (Å²) in [4.78, 5) is 22.0. The van der Waals surface area contributed by atoms with Gasteiger partial charge in [-0.3, -0.25) is 9.59 Å². The number of aliphatic hydroxyl groups is 1. The Hall–Kier alpha value is -1.10. The molecule has 0 heterocycles. The predicted molar refractivity (Wildman–Crippen MR) is 60.4 cm³/mol. The van der Waals surface area contributed by atoms with Gasteiger partial charge in [0.05, 0.1) is 17.9 Å². The van der Waals surface area contributed by atoms with Crippen molar-refractivity contribution in [1.29, 1.82) is 0 Å². The monoisotopic (exact) mass is 244 g/mol. The third kappa shape index (κ3) is 2.97. The normalized spacial score (nSPS) is 35.2. The minimum atomic E-state index is -1.10. The van der Waals surface area contributed by atoms with E-state index in [4.69, 9.17) is 10.2 Å². The van der Waals surface area contributed by atoms with Gasteiger partial charge in [0.1, 0.15) is 0 Å². The average Bonchev–Trinajstić information content (AvgIpc) is 2.27. The molecule has 1 aliphatic rings. The van der Waals surface area contributed by atoms with Crippen molar-refractivity contribution < 1.29 is 24.9 Å². The lowest BCUT2D eigenvalue weighted by Gasteiger charge is -2.38. The molecule has 0 saturated heterocycles. The highest BCUT2D eigenvalue weighted by atomic mass is 16.4. The molecule has 1 saturated carbocycles. The number of carbonyl (C=O) groups is 2. The van der Waals surface area contributed by atoms with Gasteiger partial charge in [-0.05, 0) is 24.7 Å². The standard InChI is InChI=1S/C12H20O5/c1-3-6(2)8-4-7(11(14)15)5-9(10(8)13)12(16)17/h6-10,13H,3-5H2,1-2H3,(H,14,15)(H,16,17). The third-order valence-corrected chi connectivity index (χ3v) is 3.99. The molecule has 0 radical (unpaired) electrons. The summed E-state index contributed by atoms with van der Waals surface area (Å²) in [5.74, 6) is -3.78. The second kappa shape index (κ2) is 5.49. The van der Waals surface area contributed by atoms with E-state index in [1.54, 1.807) is 0 Å². The fourth-order valence-corrected chi connectivity index (χ4v) is 2.63. The zero-order valence-electron chi connectivity index (χ0n) is 10.2. The van der Waals surface area contributed by atoms with E-state index >= 15 is 0 Å². The molecule has 3 N–H and O–H groups in total. The first-order valence-corrected chi connectivity index (χ1v) is 6.02. The number of aliphatic hydroxyl groups excluding tert-OH is 1. The Morgan fingerprint density at radius 1 is 1.24 bits per heavy atom. The summed E-state index contributed by atoms with van der Waals surface area (Å²) in [5, 5.41) is 28.1. The first-order chi connectivity index (χ1) is 7.88. The number of carboxylic acids is 2. The van der Waals surface area contributed by atoms with Gasteiger partial charge in [-0.2, -0.15) is 0 Å². The van der Waals surface area contributed by atoms with Crippen LogP contribution >= 0.6 is 0 Å². The van der Waals surface area contributed by atoms with Crippen LogP contribution in [-0.2, 0) is 9.59 Å². The zero-order chi connectivity index (χ0) is 13.2. The van der Waals surface area contributed by atoms with Crippen molar-refractivity contribution in [2.75, 3.05) is 0 Å². The summed E-state index contributed by atoms with van der Waals surface area (Å²) in [7, 11) is 0. The summed E-state index contributed by atoms with van der Waals surface area (Å²) in [6.07, 6.45) is 0.270. The third-order valence-electron chi connectivity index (χ3n) is 3.99. The molecule has 0 spiro atoms. The van der Waals surface area contributed by atoms with E-state index in [1.807, 2.05) is 13.8 Å². The molecule has 0 aromatic heterocycles. The van der Waals surface area contributed by atoms with E-state index in [9.17, 15) is 14.7 Å². The van der Waals surface area contributed by atoms with Crippen molar-refractivity contribution in [2.45, 2.75) is 39.2 Å². The maximum Gasteiger partial charge on any atom is 0.309 e. The van der Waals surface area contributed by atoms with E-state index in [1.165, 1.54) is 0 Å². The second-order valence-electron chi connectivity index (χ2n) is 4.99. The molecular formula is C12H20O5. The van der Waals surface area contributed by atoms with Crippen LogP contribution in [0.4, 0.5) is 0 Å². The van der Waals surface area contributed by atoms with Gasteiger partial charge in [-0.1, -0.05) is 20.3 Å². The Morgan fingerprint density at radius 3 is 2.24 bits per heavy atom. The number of hydrogen-bond acceptors (Lipinski definition) is 3. The van der Waals surface area contributed by atoms with Gasteiger partial charge in [0, 0.05) is 0 Å². The number of carboxylic acid groups (broad SMARTS) is 2. The molecule has 0 amide bonds. The van der Waals surface area contributed by atoms with Gasteiger partial charge in [-0.15, -0.1) is 0 Å². The molecule has 0 aromatic carbocycles. The van der Waals surface area contributed by atoms with E-state index < -0.39 is 29.9 Å².